The first kappa shape index (κ1) is 25.0. The zero-order valence-electron chi connectivity index (χ0n) is 21.3. The van der Waals surface area contributed by atoms with Gasteiger partial charge in [0.05, 0.1) is 24.2 Å². The van der Waals surface area contributed by atoms with Crippen LogP contribution in [0.15, 0.2) is 54.6 Å². The molecule has 2 heterocycles. The van der Waals surface area contributed by atoms with E-state index in [1.54, 1.807) is 0 Å². The van der Waals surface area contributed by atoms with Crippen LogP contribution in [0.2, 0.25) is 0 Å². The van der Waals surface area contributed by atoms with E-state index in [-0.39, 0.29) is 18.2 Å². The Labute approximate surface area is 208 Å². The van der Waals surface area contributed by atoms with Crippen molar-refractivity contribution in [2.75, 3.05) is 19.8 Å². The molecule has 2 atom stereocenters. The third-order valence-corrected chi connectivity index (χ3v) is 6.16. The van der Waals surface area contributed by atoms with Crippen LogP contribution >= 0.6 is 0 Å². The number of nitrogens with zero attached hydrogens (tertiary/aromatic N) is 3. The summed E-state index contributed by atoms with van der Waals surface area (Å²) < 4.78 is 19.9. The zero-order chi connectivity index (χ0) is 24.8. The fourth-order valence-corrected chi connectivity index (χ4v) is 4.57. The van der Waals surface area contributed by atoms with E-state index in [1.807, 2.05) is 69.0 Å². The molecule has 0 radical (unpaired) electrons. The Morgan fingerprint density at radius 2 is 1.83 bits per heavy atom. The molecule has 188 valence electrons. The molecule has 35 heavy (non-hydrogen) atoms. The maximum absolute atomic E-state index is 13.0. The number of amides is 1. The summed E-state index contributed by atoms with van der Waals surface area (Å²) in [7, 11) is 0. The molecule has 7 nitrogen and oxygen atoms in total. The van der Waals surface area contributed by atoms with Gasteiger partial charge in [-0.25, -0.2) is 4.79 Å². The van der Waals surface area contributed by atoms with Gasteiger partial charge in [-0.05, 0) is 51.8 Å². The molecule has 1 amide bonds. The van der Waals surface area contributed by atoms with Gasteiger partial charge in [0.15, 0.2) is 0 Å². The van der Waals surface area contributed by atoms with Crippen LogP contribution in [0.1, 0.15) is 46.1 Å². The number of para-hydroxylation sites is 2. The number of hydrogen-bond donors (Lipinski definition) is 0. The summed E-state index contributed by atoms with van der Waals surface area (Å²) in [5.41, 5.74) is 2.60. The standard InChI is InChI=1S/C28H37N3O4/c1-5-33-18-17-31-25-14-10-9-13-24(25)29-26(31)34-23-15-16-30(27(32)35-28(2,3)4)22(20-23)19-21-11-7-6-8-12-21/h6-14,22-23H,5,15-20H2,1-4H3/t22-,23+/m0/s1. The molecule has 0 aliphatic carbocycles. The van der Waals surface area contributed by atoms with Gasteiger partial charge in [-0.3, -0.25) is 4.57 Å². The quantitative estimate of drug-likeness (QED) is 0.401. The van der Waals surface area contributed by atoms with Gasteiger partial charge in [0, 0.05) is 32.0 Å². The Morgan fingerprint density at radius 1 is 1.09 bits per heavy atom. The lowest BCUT2D eigenvalue weighted by molar-refractivity contribution is -0.00560. The predicted molar refractivity (Wildman–Crippen MR) is 137 cm³/mol. The van der Waals surface area contributed by atoms with Gasteiger partial charge in [-0.1, -0.05) is 42.5 Å². The highest BCUT2D eigenvalue weighted by Gasteiger charge is 2.35. The topological polar surface area (TPSA) is 65.8 Å². The highest BCUT2D eigenvalue weighted by molar-refractivity contribution is 5.76. The van der Waals surface area contributed by atoms with Gasteiger partial charge < -0.3 is 19.1 Å². The SMILES string of the molecule is CCOCCn1c(O[C@@H]2CCN(C(=O)OC(C)(C)C)[C@@H](Cc3ccccc3)C2)nc2ccccc21. The Balaban J connectivity index is 1.54. The van der Waals surface area contributed by atoms with Crippen LogP contribution < -0.4 is 4.74 Å². The molecule has 1 aliphatic rings. The first-order valence-electron chi connectivity index (χ1n) is 12.6. The molecule has 7 heteroatoms. The van der Waals surface area contributed by atoms with Crippen molar-refractivity contribution in [1.82, 2.24) is 14.5 Å². The van der Waals surface area contributed by atoms with Crippen molar-refractivity contribution in [1.29, 1.82) is 0 Å². The van der Waals surface area contributed by atoms with Crippen molar-refractivity contribution in [2.45, 2.75) is 71.2 Å². The minimum atomic E-state index is -0.535. The number of ether oxygens (including phenoxy) is 3. The fraction of sp³-hybridized carbons (Fsp3) is 0.500. The second-order valence-electron chi connectivity index (χ2n) is 10.0. The van der Waals surface area contributed by atoms with Crippen molar-refractivity contribution in [3.05, 3.63) is 60.2 Å². The molecule has 4 rings (SSSR count). The minimum absolute atomic E-state index is 0.0211. The Morgan fingerprint density at radius 3 is 2.57 bits per heavy atom. The second-order valence-corrected chi connectivity index (χ2v) is 10.0. The number of hydrogen-bond acceptors (Lipinski definition) is 5. The molecule has 0 bridgehead atoms. The summed E-state index contributed by atoms with van der Waals surface area (Å²) in [4.78, 5) is 19.7. The lowest BCUT2D eigenvalue weighted by Gasteiger charge is -2.39. The number of rotatable bonds is 8. The largest absolute Gasteiger partial charge is 0.461 e. The van der Waals surface area contributed by atoms with Gasteiger partial charge in [0.2, 0.25) is 0 Å². The molecule has 1 fully saturated rings. The molecular formula is C28H37N3O4. The molecule has 0 unspecified atom stereocenters. The van der Waals surface area contributed by atoms with Gasteiger partial charge in [-0.2, -0.15) is 4.98 Å². The predicted octanol–water partition coefficient (Wildman–Crippen LogP) is 5.46. The summed E-state index contributed by atoms with van der Waals surface area (Å²) in [6.45, 7) is 10.2. The van der Waals surface area contributed by atoms with Crippen molar-refractivity contribution < 1.29 is 19.0 Å². The minimum Gasteiger partial charge on any atom is -0.461 e. The molecule has 3 aromatic rings. The number of benzene rings is 2. The summed E-state index contributed by atoms with van der Waals surface area (Å²) in [6, 6.07) is 18.9. The monoisotopic (exact) mass is 479 g/mol. The van der Waals surface area contributed by atoms with E-state index >= 15 is 0 Å². The number of fused-ring (bicyclic) bond motifs is 1. The molecule has 1 saturated heterocycles. The van der Waals surface area contributed by atoms with Crippen LogP contribution in [-0.2, 0) is 22.4 Å². The average Bonchev–Trinajstić information content (AvgIpc) is 3.16. The highest BCUT2D eigenvalue weighted by atomic mass is 16.6. The highest BCUT2D eigenvalue weighted by Crippen LogP contribution is 2.28. The first-order chi connectivity index (χ1) is 16.8. The van der Waals surface area contributed by atoms with Crippen LogP contribution in [0.25, 0.3) is 11.0 Å². The van der Waals surface area contributed by atoms with E-state index in [0.717, 1.165) is 23.9 Å². The maximum Gasteiger partial charge on any atom is 0.410 e. The van der Waals surface area contributed by atoms with E-state index in [1.165, 1.54) is 5.56 Å². The number of carbonyl (C=O) groups excluding carboxylic acids is 1. The summed E-state index contributed by atoms with van der Waals surface area (Å²) in [5.74, 6) is 0. The number of piperidine rings is 1. The number of carbonyl (C=O) groups is 1. The smallest absolute Gasteiger partial charge is 0.410 e. The molecular weight excluding hydrogens is 442 g/mol. The summed E-state index contributed by atoms with van der Waals surface area (Å²) in [5, 5.41) is 0. The van der Waals surface area contributed by atoms with Crippen LogP contribution in [0.3, 0.4) is 0 Å². The summed E-state index contributed by atoms with van der Waals surface area (Å²) >= 11 is 0. The second kappa shape index (κ2) is 11.1. The van der Waals surface area contributed by atoms with Crippen molar-refractivity contribution >= 4 is 17.1 Å². The lowest BCUT2D eigenvalue weighted by atomic mass is 9.94. The van der Waals surface area contributed by atoms with Crippen LogP contribution in [0.4, 0.5) is 4.79 Å². The zero-order valence-corrected chi connectivity index (χ0v) is 21.3. The van der Waals surface area contributed by atoms with E-state index < -0.39 is 5.60 Å². The maximum atomic E-state index is 13.0. The third-order valence-electron chi connectivity index (χ3n) is 6.16. The molecule has 1 aromatic heterocycles. The average molecular weight is 480 g/mol. The lowest BCUT2D eigenvalue weighted by Crippen LogP contribution is -2.51. The number of imidazole rings is 1. The van der Waals surface area contributed by atoms with E-state index in [2.05, 4.69) is 22.8 Å². The van der Waals surface area contributed by atoms with E-state index in [9.17, 15) is 4.79 Å². The normalized spacial score (nSPS) is 18.6. The Kier molecular flexibility index (Phi) is 7.96. The van der Waals surface area contributed by atoms with Crippen molar-refractivity contribution in [3.63, 3.8) is 0 Å². The molecule has 1 aliphatic heterocycles. The van der Waals surface area contributed by atoms with E-state index in [0.29, 0.717) is 38.7 Å². The fourth-order valence-electron chi connectivity index (χ4n) is 4.57. The molecule has 0 N–H and O–H groups in total. The first-order valence-corrected chi connectivity index (χ1v) is 12.6. The Bertz CT molecular complexity index is 1110. The van der Waals surface area contributed by atoms with E-state index in [4.69, 9.17) is 19.2 Å². The van der Waals surface area contributed by atoms with Crippen LogP contribution in [-0.4, -0.2) is 58.0 Å². The van der Waals surface area contributed by atoms with Crippen LogP contribution in [0.5, 0.6) is 6.01 Å². The van der Waals surface area contributed by atoms with Gasteiger partial charge >= 0.3 is 6.09 Å². The van der Waals surface area contributed by atoms with Gasteiger partial charge in [0.1, 0.15) is 11.7 Å². The van der Waals surface area contributed by atoms with Crippen molar-refractivity contribution in [3.8, 4) is 6.01 Å². The summed E-state index contributed by atoms with van der Waals surface area (Å²) in [6.07, 6.45) is 1.87. The van der Waals surface area contributed by atoms with Gasteiger partial charge in [0.25, 0.3) is 6.01 Å². The Hall–Kier alpha value is -3.06. The number of aromatic nitrogens is 2. The molecule has 0 saturated carbocycles. The van der Waals surface area contributed by atoms with Gasteiger partial charge in [-0.15, -0.1) is 0 Å². The van der Waals surface area contributed by atoms with Crippen LogP contribution in [0, 0.1) is 0 Å². The molecule has 0 spiro atoms. The third kappa shape index (κ3) is 6.54. The van der Waals surface area contributed by atoms with Crippen molar-refractivity contribution in [2.24, 2.45) is 0 Å². The number of likely N-dealkylation sites (tertiary alicyclic amines) is 1. The molecule has 2 aromatic carbocycles.